The predicted octanol–water partition coefficient (Wildman–Crippen LogP) is 4.28. The molecule has 3 rings (SSSR count). The van der Waals surface area contributed by atoms with Crippen LogP contribution >= 0.6 is 23.1 Å². The average Bonchev–Trinajstić information content (AvgIpc) is 3.05. The lowest BCUT2D eigenvalue weighted by molar-refractivity contribution is -0.120. The number of rotatable bonds is 5. The first-order valence-corrected chi connectivity index (χ1v) is 11.0. The number of hydrogen-bond donors (Lipinski definition) is 1. The first kappa shape index (κ1) is 20.6. The zero-order valence-corrected chi connectivity index (χ0v) is 18.6. The Bertz CT molecular complexity index is 1100. The lowest BCUT2D eigenvalue weighted by Gasteiger charge is -2.15. The number of thioether (sulfide) groups is 1. The Kier molecular flexibility index (Phi) is 5.95. The summed E-state index contributed by atoms with van der Waals surface area (Å²) < 4.78 is 1.55. The van der Waals surface area contributed by atoms with Crippen LogP contribution in [0.25, 0.3) is 21.3 Å². The number of nitrogens with one attached hydrogen (secondary N) is 1. The van der Waals surface area contributed by atoms with Crippen LogP contribution in [0.5, 0.6) is 0 Å². The highest BCUT2D eigenvalue weighted by Gasteiger charge is 2.20. The standard InChI is InChI=1S/C21H25N3O2S2/c1-11(2)22-18(25)14(5)28-21-23-19-17(20(26)24(21)6)16(10-27-19)15-8-7-12(3)13(4)9-15/h7-11,14H,1-6H3,(H,22,25)/t14-/m0/s1. The lowest BCUT2D eigenvalue weighted by Crippen LogP contribution is -2.36. The minimum Gasteiger partial charge on any atom is -0.353 e. The molecule has 1 atom stereocenters. The van der Waals surface area contributed by atoms with Crippen molar-refractivity contribution < 1.29 is 4.79 Å². The predicted molar refractivity (Wildman–Crippen MR) is 118 cm³/mol. The molecule has 1 amide bonds. The average molecular weight is 416 g/mol. The zero-order valence-electron chi connectivity index (χ0n) is 17.0. The molecule has 0 aliphatic heterocycles. The fraction of sp³-hybridized carbons (Fsp3) is 0.381. The summed E-state index contributed by atoms with van der Waals surface area (Å²) in [5, 5.41) is 5.75. The fourth-order valence-corrected chi connectivity index (χ4v) is 4.77. The van der Waals surface area contributed by atoms with E-state index >= 15 is 0 Å². The smallest absolute Gasteiger partial charge is 0.263 e. The van der Waals surface area contributed by atoms with Gasteiger partial charge in [0.25, 0.3) is 5.56 Å². The van der Waals surface area contributed by atoms with Crippen molar-refractivity contribution in [3.8, 4) is 11.1 Å². The topological polar surface area (TPSA) is 64.0 Å². The highest BCUT2D eigenvalue weighted by Crippen LogP contribution is 2.33. The molecular formula is C21H25N3O2S2. The molecule has 7 heteroatoms. The molecule has 0 saturated carbocycles. The van der Waals surface area contributed by atoms with E-state index < -0.39 is 0 Å². The van der Waals surface area contributed by atoms with Crippen LogP contribution in [-0.2, 0) is 11.8 Å². The van der Waals surface area contributed by atoms with Crippen LogP contribution in [0.3, 0.4) is 0 Å². The number of aromatic nitrogens is 2. The molecule has 28 heavy (non-hydrogen) atoms. The van der Waals surface area contributed by atoms with E-state index in [1.54, 1.807) is 11.6 Å². The molecule has 5 nitrogen and oxygen atoms in total. The summed E-state index contributed by atoms with van der Waals surface area (Å²) in [4.78, 5) is 30.7. The van der Waals surface area contributed by atoms with E-state index in [-0.39, 0.29) is 22.8 Å². The molecule has 2 heterocycles. The van der Waals surface area contributed by atoms with Gasteiger partial charge in [-0.25, -0.2) is 4.98 Å². The van der Waals surface area contributed by atoms with E-state index in [0.29, 0.717) is 15.4 Å². The molecule has 0 saturated heterocycles. The summed E-state index contributed by atoms with van der Waals surface area (Å²) in [7, 11) is 1.71. The molecule has 0 spiro atoms. The van der Waals surface area contributed by atoms with Crippen molar-refractivity contribution >= 4 is 39.2 Å². The highest BCUT2D eigenvalue weighted by molar-refractivity contribution is 8.00. The molecule has 0 aliphatic rings. The Morgan fingerprint density at radius 1 is 1.21 bits per heavy atom. The van der Waals surface area contributed by atoms with E-state index in [0.717, 1.165) is 11.1 Å². The SMILES string of the molecule is Cc1ccc(-c2csc3nc(S[C@@H](C)C(=O)NC(C)C)n(C)c(=O)c23)cc1C. The van der Waals surface area contributed by atoms with E-state index in [2.05, 4.69) is 36.3 Å². The molecule has 1 aromatic carbocycles. The number of aryl methyl sites for hydroxylation is 2. The summed E-state index contributed by atoms with van der Waals surface area (Å²) in [6, 6.07) is 6.31. The van der Waals surface area contributed by atoms with Crippen molar-refractivity contribution in [2.24, 2.45) is 7.05 Å². The summed E-state index contributed by atoms with van der Waals surface area (Å²) in [6.07, 6.45) is 0. The Hall–Kier alpha value is -2.12. The fourth-order valence-electron chi connectivity index (χ4n) is 2.89. The number of carbonyl (C=O) groups excluding carboxylic acids is 1. The third kappa shape index (κ3) is 4.00. The first-order chi connectivity index (χ1) is 13.2. The molecule has 2 aromatic heterocycles. The van der Waals surface area contributed by atoms with Crippen molar-refractivity contribution in [1.29, 1.82) is 0 Å². The van der Waals surface area contributed by atoms with Gasteiger partial charge in [0, 0.05) is 24.0 Å². The summed E-state index contributed by atoms with van der Waals surface area (Å²) >= 11 is 2.77. The number of thiophene rings is 1. The molecule has 0 bridgehead atoms. The van der Waals surface area contributed by atoms with Crippen molar-refractivity contribution in [3.63, 3.8) is 0 Å². The quantitative estimate of drug-likeness (QED) is 0.499. The van der Waals surface area contributed by atoms with Gasteiger partial charge >= 0.3 is 0 Å². The Balaban J connectivity index is 2.01. The van der Waals surface area contributed by atoms with E-state index in [9.17, 15) is 9.59 Å². The lowest BCUT2D eigenvalue weighted by atomic mass is 10.0. The van der Waals surface area contributed by atoms with Crippen LogP contribution in [0.1, 0.15) is 31.9 Å². The second kappa shape index (κ2) is 8.09. The van der Waals surface area contributed by atoms with Gasteiger partial charge < -0.3 is 5.32 Å². The Morgan fingerprint density at radius 2 is 1.93 bits per heavy atom. The molecule has 0 unspecified atom stereocenters. The molecule has 0 fully saturated rings. The third-order valence-electron chi connectivity index (χ3n) is 4.67. The van der Waals surface area contributed by atoms with Crippen molar-refractivity contribution in [2.75, 3.05) is 0 Å². The minimum atomic E-state index is -0.336. The number of hydrogen-bond acceptors (Lipinski definition) is 5. The second-order valence-corrected chi connectivity index (χ2v) is 9.48. The maximum Gasteiger partial charge on any atom is 0.263 e. The Morgan fingerprint density at radius 3 is 2.57 bits per heavy atom. The second-order valence-electron chi connectivity index (χ2n) is 7.31. The van der Waals surface area contributed by atoms with E-state index in [1.807, 2.05) is 32.2 Å². The summed E-state index contributed by atoms with van der Waals surface area (Å²) in [5.74, 6) is -0.0589. The van der Waals surface area contributed by atoms with Gasteiger partial charge in [-0.2, -0.15) is 0 Å². The monoisotopic (exact) mass is 415 g/mol. The number of benzene rings is 1. The van der Waals surface area contributed by atoms with Gasteiger partial charge in [-0.05, 0) is 51.3 Å². The maximum absolute atomic E-state index is 13.1. The number of fused-ring (bicyclic) bond motifs is 1. The van der Waals surface area contributed by atoms with Crippen molar-refractivity contribution in [1.82, 2.24) is 14.9 Å². The molecule has 3 aromatic rings. The molecule has 0 radical (unpaired) electrons. The Labute approximate surface area is 173 Å². The minimum absolute atomic E-state index is 0.0589. The van der Waals surface area contributed by atoms with Gasteiger partial charge in [-0.1, -0.05) is 30.0 Å². The van der Waals surface area contributed by atoms with Crippen LogP contribution < -0.4 is 10.9 Å². The summed E-state index contributed by atoms with van der Waals surface area (Å²) in [6.45, 7) is 9.83. The van der Waals surface area contributed by atoms with Gasteiger partial charge in [0.2, 0.25) is 5.91 Å². The first-order valence-electron chi connectivity index (χ1n) is 9.22. The molecule has 1 N–H and O–H groups in total. The summed E-state index contributed by atoms with van der Waals surface area (Å²) in [5.41, 5.74) is 4.27. The van der Waals surface area contributed by atoms with Crippen LogP contribution in [0.2, 0.25) is 0 Å². The molecular weight excluding hydrogens is 390 g/mol. The van der Waals surface area contributed by atoms with Gasteiger partial charge in [-0.3, -0.25) is 14.2 Å². The van der Waals surface area contributed by atoms with Crippen LogP contribution in [0, 0.1) is 13.8 Å². The van der Waals surface area contributed by atoms with Gasteiger partial charge in [-0.15, -0.1) is 11.3 Å². The zero-order chi connectivity index (χ0) is 20.6. The van der Waals surface area contributed by atoms with E-state index in [4.69, 9.17) is 0 Å². The molecule has 0 aliphatic carbocycles. The third-order valence-corrected chi connectivity index (χ3v) is 6.69. The van der Waals surface area contributed by atoms with Gasteiger partial charge in [0.1, 0.15) is 4.83 Å². The normalized spacial score (nSPS) is 12.5. The van der Waals surface area contributed by atoms with Gasteiger partial charge in [0.05, 0.1) is 10.6 Å². The highest BCUT2D eigenvalue weighted by atomic mass is 32.2. The number of amides is 1. The maximum atomic E-state index is 13.1. The van der Waals surface area contributed by atoms with Crippen molar-refractivity contribution in [2.45, 2.75) is 51.1 Å². The van der Waals surface area contributed by atoms with E-state index in [1.165, 1.54) is 34.2 Å². The van der Waals surface area contributed by atoms with Crippen LogP contribution in [0.15, 0.2) is 33.5 Å². The van der Waals surface area contributed by atoms with Crippen molar-refractivity contribution in [3.05, 3.63) is 45.1 Å². The number of carbonyl (C=O) groups is 1. The van der Waals surface area contributed by atoms with Crippen LogP contribution in [-0.4, -0.2) is 26.8 Å². The van der Waals surface area contributed by atoms with Gasteiger partial charge in [0.15, 0.2) is 5.16 Å². The molecule has 148 valence electrons. The van der Waals surface area contributed by atoms with Crippen LogP contribution in [0.4, 0.5) is 0 Å². The number of nitrogens with zero attached hydrogens (tertiary/aromatic N) is 2. The largest absolute Gasteiger partial charge is 0.353 e.